The monoisotopic (exact) mass is 248 g/mol. The second-order valence-electron chi connectivity index (χ2n) is 5.26. The van der Waals surface area contributed by atoms with Crippen LogP contribution in [0.5, 0.6) is 11.5 Å². The van der Waals surface area contributed by atoms with Gasteiger partial charge in [-0.25, -0.2) is 0 Å². The van der Waals surface area contributed by atoms with Crippen LogP contribution in [0.15, 0.2) is 18.2 Å². The predicted molar refractivity (Wildman–Crippen MR) is 74.6 cm³/mol. The zero-order valence-corrected chi connectivity index (χ0v) is 11.8. The second-order valence-corrected chi connectivity index (χ2v) is 5.26. The lowest BCUT2D eigenvalue weighted by atomic mass is 9.68. The molecule has 1 aliphatic carbocycles. The van der Waals surface area contributed by atoms with Crippen molar-refractivity contribution in [3.05, 3.63) is 23.8 Å². The summed E-state index contributed by atoms with van der Waals surface area (Å²) in [5.74, 6) is 1.68. The minimum absolute atomic E-state index is 0.359. The van der Waals surface area contributed by atoms with E-state index in [9.17, 15) is 0 Å². The van der Waals surface area contributed by atoms with Crippen LogP contribution in [0.1, 0.15) is 51.0 Å². The van der Waals surface area contributed by atoms with Crippen LogP contribution in [-0.4, -0.2) is 14.2 Å². The molecule has 100 valence electrons. The molecule has 0 saturated heterocycles. The van der Waals surface area contributed by atoms with Crippen LogP contribution in [0.2, 0.25) is 0 Å². The van der Waals surface area contributed by atoms with E-state index in [4.69, 9.17) is 9.47 Å². The van der Waals surface area contributed by atoms with Crippen LogP contribution in [-0.2, 0) is 5.41 Å². The molecule has 0 radical (unpaired) electrons. The second kappa shape index (κ2) is 5.64. The molecule has 0 heterocycles. The molecule has 0 unspecified atom stereocenters. The molecule has 1 aromatic rings. The Morgan fingerprint density at radius 3 is 2.22 bits per heavy atom. The van der Waals surface area contributed by atoms with Crippen molar-refractivity contribution < 1.29 is 9.47 Å². The van der Waals surface area contributed by atoms with Crippen molar-refractivity contribution in [1.82, 2.24) is 0 Å². The summed E-state index contributed by atoms with van der Waals surface area (Å²) in [6.45, 7) is 2.31. The zero-order valence-electron chi connectivity index (χ0n) is 11.8. The van der Waals surface area contributed by atoms with E-state index >= 15 is 0 Å². The van der Waals surface area contributed by atoms with Crippen molar-refractivity contribution in [2.24, 2.45) is 0 Å². The lowest BCUT2D eigenvalue weighted by Gasteiger charge is -2.37. The highest BCUT2D eigenvalue weighted by molar-refractivity contribution is 5.45. The molecule has 2 heteroatoms. The Morgan fingerprint density at radius 1 is 1.00 bits per heavy atom. The van der Waals surface area contributed by atoms with Gasteiger partial charge < -0.3 is 9.47 Å². The summed E-state index contributed by atoms with van der Waals surface area (Å²) in [6, 6.07) is 6.43. The summed E-state index contributed by atoms with van der Waals surface area (Å²) >= 11 is 0. The number of hydrogen-bond donors (Lipinski definition) is 0. The van der Waals surface area contributed by atoms with E-state index in [1.165, 1.54) is 44.1 Å². The van der Waals surface area contributed by atoms with E-state index < -0.39 is 0 Å². The number of methoxy groups -OCH3 is 2. The summed E-state index contributed by atoms with van der Waals surface area (Å²) < 4.78 is 10.8. The standard InChI is InChI=1S/C16H24O2/c1-4-16(10-6-5-7-11-16)13-8-9-14(17-2)15(12-13)18-3/h8-9,12H,4-7,10-11H2,1-3H3. The third kappa shape index (κ3) is 2.33. The minimum atomic E-state index is 0.359. The van der Waals surface area contributed by atoms with Gasteiger partial charge in [0.2, 0.25) is 0 Å². The van der Waals surface area contributed by atoms with Gasteiger partial charge in [-0.2, -0.15) is 0 Å². The summed E-state index contributed by atoms with van der Waals surface area (Å²) in [5, 5.41) is 0. The van der Waals surface area contributed by atoms with Gasteiger partial charge in [-0.15, -0.1) is 0 Å². The van der Waals surface area contributed by atoms with Crippen LogP contribution in [0.25, 0.3) is 0 Å². The molecule has 0 aromatic heterocycles. The zero-order chi connectivity index (χ0) is 13.0. The van der Waals surface area contributed by atoms with Gasteiger partial charge in [-0.1, -0.05) is 32.3 Å². The first kappa shape index (κ1) is 13.3. The number of ether oxygens (including phenoxy) is 2. The highest BCUT2D eigenvalue weighted by Crippen LogP contribution is 2.44. The Balaban J connectivity index is 2.36. The minimum Gasteiger partial charge on any atom is -0.493 e. The first-order chi connectivity index (χ1) is 8.75. The molecular formula is C16H24O2. The Labute approximate surface area is 110 Å². The molecule has 2 rings (SSSR count). The van der Waals surface area contributed by atoms with Crippen LogP contribution in [0.4, 0.5) is 0 Å². The molecule has 18 heavy (non-hydrogen) atoms. The molecule has 0 aliphatic heterocycles. The molecule has 1 saturated carbocycles. The average molecular weight is 248 g/mol. The van der Waals surface area contributed by atoms with Crippen molar-refractivity contribution in [2.75, 3.05) is 14.2 Å². The molecule has 0 atom stereocenters. The fourth-order valence-electron chi connectivity index (χ4n) is 3.24. The first-order valence-corrected chi connectivity index (χ1v) is 6.98. The third-order valence-electron chi connectivity index (χ3n) is 4.48. The SMILES string of the molecule is CCC1(c2ccc(OC)c(OC)c2)CCCCC1. The van der Waals surface area contributed by atoms with E-state index in [1.54, 1.807) is 14.2 Å². The van der Waals surface area contributed by atoms with E-state index in [2.05, 4.69) is 19.1 Å². The lowest BCUT2D eigenvalue weighted by Crippen LogP contribution is -2.28. The van der Waals surface area contributed by atoms with Crippen LogP contribution < -0.4 is 9.47 Å². The van der Waals surface area contributed by atoms with Crippen molar-refractivity contribution in [1.29, 1.82) is 0 Å². The fourth-order valence-corrected chi connectivity index (χ4v) is 3.24. The van der Waals surface area contributed by atoms with E-state index in [0.29, 0.717) is 5.41 Å². The third-order valence-corrected chi connectivity index (χ3v) is 4.48. The largest absolute Gasteiger partial charge is 0.493 e. The molecule has 1 fully saturated rings. The number of benzene rings is 1. The quantitative estimate of drug-likeness (QED) is 0.790. The molecule has 0 N–H and O–H groups in total. The molecular weight excluding hydrogens is 224 g/mol. The fraction of sp³-hybridized carbons (Fsp3) is 0.625. The molecule has 2 nitrogen and oxygen atoms in total. The highest BCUT2D eigenvalue weighted by Gasteiger charge is 2.32. The van der Waals surface area contributed by atoms with E-state index in [0.717, 1.165) is 11.5 Å². The van der Waals surface area contributed by atoms with Crippen molar-refractivity contribution >= 4 is 0 Å². The lowest BCUT2D eigenvalue weighted by molar-refractivity contribution is 0.281. The van der Waals surface area contributed by atoms with Gasteiger partial charge in [-0.05, 0) is 42.4 Å². The van der Waals surface area contributed by atoms with Crippen LogP contribution >= 0.6 is 0 Å². The summed E-state index contributed by atoms with van der Waals surface area (Å²) in [5.41, 5.74) is 1.78. The van der Waals surface area contributed by atoms with E-state index in [-0.39, 0.29) is 0 Å². The molecule has 1 aliphatic rings. The maximum atomic E-state index is 5.43. The Kier molecular flexibility index (Phi) is 4.15. The summed E-state index contributed by atoms with van der Waals surface area (Å²) in [4.78, 5) is 0. The van der Waals surface area contributed by atoms with Gasteiger partial charge in [0.1, 0.15) is 0 Å². The topological polar surface area (TPSA) is 18.5 Å². The van der Waals surface area contributed by atoms with Gasteiger partial charge in [0, 0.05) is 0 Å². The normalized spacial score (nSPS) is 18.4. The van der Waals surface area contributed by atoms with Gasteiger partial charge in [0.15, 0.2) is 11.5 Å². The number of rotatable bonds is 4. The van der Waals surface area contributed by atoms with Crippen molar-refractivity contribution in [3.8, 4) is 11.5 Å². The van der Waals surface area contributed by atoms with Gasteiger partial charge in [0.05, 0.1) is 14.2 Å². The van der Waals surface area contributed by atoms with Crippen LogP contribution in [0.3, 0.4) is 0 Å². The molecule has 0 bridgehead atoms. The molecule has 0 amide bonds. The van der Waals surface area contributed by atoms with Gasteiger partial charge in [0.25, 0.3) is 0 Å². The molecule has 1 aromatic carbocycles. The summed E-state index contributed by atoms with van der Waals surface area (Å²) in [6.07, 6.45) is 7.90. The Bertz CT molecular complexity index is 392. The Hall–Kier alpha value is -1.18. The van der Waals surface area contributed by atoms with Gasteiger partial charge >= 0.3 is 0 Å². The maximum Gasteiger partial charge on any atom is 0.161 e. The van der Waals surface area contributed by atoms with Gasteiger partial charge in [-0.3, -0.25) is 0 Å². The smallest absolute Gasteiger partial charge is 0.161 e. The van der Waals surface area contributed by atoms with Crippen molar-refractivity contribution in [3.63, 3.8) is 0 Å². The molecule has 0 spiro atoms. The summed E-state index contributed by atoms with van der Waals surface area (Å²) in [7, 11) is 3.40. The van der Waals surface area contributed by atoms with Crippen LogP contribution in [0, 0.1) is 0 Å². The van der Waals surface area contributed by atoms with Crippen molar-refractivity contribution in [2.45, 2.75) is 50.9 Å². The van der Waals surface area contributed by atoms with E-state index in [1.807, 2.05) is 6.07 Å². The number of hydrogen-bond acceptors (Lipinski definition) is 2. The Morgan fingerprint density at radius 2 is 1.67 bits per heavy atom. The first-order valence-electron chi connectivity index (χ1n) is 6.98. The maximum absolute atomic E-state index is 5.43. The predicted octanol–water partition coefficient (Wildman–Crippen LogP) is 4.32. The highest BCUT2D eigenvalue weighted by atomic mass is 16.5. The average Bonchev–Trinajstić information content (AvgIpc) is 2.47.